The van der Waals surface area contributed by atoms with E-state index in [4.69, 9.17) is 4.74 Å². The Balaban J connectivity index is 2.20. The van der Waals surface area contributed by atoms with Gasteiger partial charge in [0.2, 0.25) is 17.7 Å². The second-order valence-electron chi connectivity index (χ2n) is 6.81. The molecular formula is C21H29N3O6. The monoisotopic (exact) mass is 419 g/mol. The number of ether oxygens (including phenoxy) is 1. The van der Waals surface area contributed by atoms with Crippen molar-refractivity contribution in [3.05, 3.63) is 29.8 Å². The summed E-state index contributed by atoms with van der Waals surface area (Å²) in [7, 11) is 0. The number of rotatable bonds is 14. The third-order valence-corrected chi connectivity index (χ3v) is 3.81. The smallest absolute Gasteiger partial charge is 0.233 e. The molecule has 164 valence electrons. The second-order valence-corrected chi connectivity index (χ2v) is 6.81. The maximum Gasteiger partial charge on any atom is 0.233 e. The minimum absolute atomic E-state index is 0.0868. The van der Waals surface area contributed by atoms with Crippen molar-refractivity contribution in [2.45, 2.75) is 39.5 Å². The van der Waals surface area contributed by atoms with Crippen LogP contribution in [0.4, 0.5) is 5.69 Å². The summed E-state index contributed by atoms with van der Waals surface area (Å²) in [6, 6.07) is 6.66. The summed E-state index contributed by atoms with van der Waals surface area (Å²) < 4.78 is 5.32. The minimum Gasteiger partial charge on any atom is -0.380 e. The predicted octanol–water partition coefficient (Wildman–Crippen LogP) is 0.765. The van der Waals surface area contributed by atoms with Gasteiger partial charge in [0.05, 0.1) is 13.0 Å². The lowest BCUT2D eigenvalue weighted by Crippen LogP contribution is -2.31. The molecule has 0 aliphatic rings. The molecule has 9 nitrogen and oxygen atoms in total. The fraction of sp³-hybridized carbons (Fsp3) is 0.476. The van der Waals surface area contributed by atoms with E-state index in [-0.39, 0.29) is 43.3 Å². The summed E-state index contributed by atoms with van der Waals surface area (Å²) in [5.41, 5.74) is 1.26. The Hall–Kier alpha value is -3.07. The lowest BCUT2D eigenvalue weighted by atomic mass is 10.1. The molecule has 0 radical (unpaired) electrons. The van der Waals surface area contributed by atoms with Crippen molar-refractivity contribution in [2.24, 2.45) is 0 Å². The van der Waals surface area contributed by atoms with Gasteiger partial charge in [0.1, 0.15) is 18.0 Å². The highest BCUT2D eigenvalue weighted by Crippen LogP contribution is 2.11. The molecule has 3 N–H and O–H groups in total. The summed E-state index contributed by atoms with van der Waals surface area (Å²) in [6.45, 7) is 4.43. The number of amides is 3. The average molecular weight is 419 g/mol. The number of Topliss-reactive ketones (excluding diaryl/α,β-unsaturated/α-hetero) is 2. The molecule has 1 rings (SSSR count). The van der Waals surface area contributed by atoms with Gasteiger partial charge in [-0.05, 0) is 31.0 Å². The zero-order valence-electron chi connectivity index (χ0n) is 17.4. The van der Waals surface area contributed by atoms with E-state index in [0.717, 1.165) is 5.56 Å². The predicted molar refractivity (Wildman–Crippen MR) is 111 cm³/mol. The minimum atomic E-state index is -0.455. The first-order chi connectivity index (χ1) is 14.3. The van der Waals surface area contributed by atoms with E-state index in [1.807, 2.05) is 0 Å². The van der Waals surface area contributed by atoms with Gasteiger partial charge < -0.3 is 20.7 Å². The first kappa shape index (κ1) is 25.0. The molecule has 1 aromatic carbocycles. The van der Waals surface area contributed by atoms with Crippen LogP contribution in [0.15, 0.2) is 24.3 Å². The number of nitrogens with one attached hydrogen (secondary N) is 3. The van der Waals surface area contributed by atoms with E-state index in [1.165, 1.54) is 13.8 Å². The Bertz CT molecular complexity index is 746. The first-order valence-electron chi connectivity index (χ1n) is 9.75. The number of hydrogen-bond donors (Lipinski definition) is 3. The van der Waals surface area contributed by atoms with Gasteiger partial charge in [-0.25, -0.2) is 0 Å². The molecule has 0 fully saturated rings. The highest BCUT2D eigenvalue weighted by atomic mass is 16.5. The normalized spacial score (nSPS) is 10.2. The van der Waals surface area contributed by atoms with E-state index in [2.05, 4.69) is 16.0 Å². The molecule has 0 heterocycles. The molecule has 0 aromatic heterocycles. The van der Waals surface area contributed by atoms with Crippen molar-refractivity contribution in [3.8, 4) is 0 Å². The molecule has 0 atom stereocenters. The van der Waals surface area contributed by atoms with Crippen LogP contribution in [0.25, 0.3) is 0 Å². The molecule has 0 unspecified atom stereocenters. The fourth-order valence-corrected chi connectivity index (χ4v) is 2.49. The molecule has 0 saturated carbocycles. The standard InChI is InChI=1S/C21H29N3O6/c1-15(25)12-19(27)13-17-4-6-18(7-5-17)24-21(29)14-20(28)23-9-11-30-10-3-8-22-16(2)26/h4-7H,3,8-14H2,1-2H3,(H,22,26)(H,23,28)(H,24,29). The Morgan fingerprint density at radius 1 is 0.833 bits per heavy atom. The molecule has 0 bridgehead atoms. The number of hydrogen-bond acceptors (Lipinski definition) is 6. The van der Waals surface area contributed by atoms with Crippen molar-refractivity contribution in [2.75, 3.05) is 31.6 Å². The quantitative estimate of drug-likeness (QED) is 0.301. The average Bonchev–Trinajstić information content (AvgIpc) is 2.64. The molecular weight excluding hydrogens is 390 g/mol. The largest absolute Gasteiger partial charge is 0.380 e. The van der Waals surface area contributed by atoms with Gasteiger partial charge in [-0.3, -0.25) is 24.0 Å². The highest BCUT2D eigenvalue weighted by molar-refractivity contribution is 6.03. The van der Waals surface area contributed by atoms with Crippen molar-refractivity contribution < 1.29 is 28.7 Å². The van der Waals surface area contributed by atoms with Gasteiger partial charge >= 0.3 is 0 Å². The van der Waals surface area contributed by atoms with Gasteiger partial charge in [-0.1, -0.05) is 12.1 Å². The first-order valence-corrected chi connectivity index (χ1v) is 9.75. The Labute approximate surface area is 175 Å². The number of ketones is 2. The molecule has 30 heavy (non-hydrogen) atoms. The lowest BCUT2D eigenvalue weighted by Gasteiger charge is -2.08. The Morgan fingerprint density at radius 3 is 2.17 bits per heavy atom. The summed E-state index contributed by atoms with van der Waals surface area (Å²) >= 11 is 0. The maximum atomic E-state index is 11.9. The molecule has 0 spiro atoms. The zero-order valence-corrected chi connectivity index (χ0v) is 17.4. The summed E-state index contributed by atoms with van der Waals surface area (Å²) in [5, 5.41) is 7.86. The SMILES string of the molecule is CC(=O)CC(=O)Cc1ccc(NC(=O)CC(=O)NCCOCCCNC(C)=O)cc1. The van der Waals surface area contributed by atoms with Gasteiger partial charge in [-0.2, -0.15) is 0 Å². The number of carbonyl (C=O) groups is 5. The lowest BCUT2D eigenvalue weighted by molar-refractivity contribution is -0.128. The van der Waals surface area contributed by atoms with Gasteiger partial charge in [0.15, 0.2) is 0 Å². The van der Waals surface area contributed by atoms with Crippen molar-refractivity contribution in [3.63, 3.8) is 0 Å². The van der Waals surface area contributed by atoms with Crippen LogP contribution in [-0.4, -0.2) is 55.6 Å². The van der Waals surface area contributed by atoms with Gasteiger partial charge in [0.25, 0.3) is 0 Å². The van der Waals surface area contributed by atoms with Crippen LogP contribution in [0.5, 0.6) is 0 Å². The van der Waals surface area contributed by atoms with E-state index in [1.54, 1.807) is 24.3 Å². The summed E-state index contributed by atoms with van der Waals surface area (Å²) in [5.74, 6) is -1.29. The molecule has 1 aromatic rings. The van der Waals surface area contributed by atoms with Crippen molar-refractivity contribution in [1.82, 2.24) is 10.6 Å². The number of carbonyl (C=O) groups excluding carboxylic acids is 5. The van der Waals surface area contributed by atoms with E-state index in [9.17, 15) is 24.0 Å². The number of benzene rings is 1. The highest BCUT2D eigenvalue weighted by Gasteiger charge is 2.10. The number of anilines is 1. The van der Waals surface area contributed by atoms with Crippen molar-refractivity contribution >= 4 is 35.0 Å². The van der Waals surface area contributed by atoms with Crippen LogP contribution in [0.1, 0.15) is 38.7 Å². The fourth-order valence-electron chi connectivity index (χ4n) is 2.49. The van der Waals surface area contributed by atoms with E-state index >= 15 is 0 Å². The van der Waals surface area contributed by atoms with Crippen LogP contribution in [-0.2, 0) is 35.1 Å². The molecule has 9 heteroatoms. The van der Waals surface area contributed by atoms with E-state index < -0.39 is 11.8 Å². The molecule has 0 aliphatic carbocycles. The van der Waals surface area contributed by atoms with Crippen LogP contribution in [0.3, 0.4) is 0 Å². The third kappa shape index (κ3) is 12.4. The maximum absolute atomic E-state index is 11.9. The van der Waals surface area contributed by atoms with Crippen LogP contribution < -0.4 is 16.0 Å². The molecule has 0 aliphatic heterocycles. The second kappa shape index (κ2) is 14.0. The van der Waals surface area contributed by atoms with Crippen LogP contribution in [0.2, 0.25) is 0 Å². The van der Waals surface area contributed by atoms with Gasteiger partial charge in [-0.15, -0.1) is 0 Å². The van der Waals surface area contributed by atoms with E-state index in [0.29, 0.717) is 31.9 Å². The van der Waals surface area contributed by atoms with Crippen LogP contribution in [0, 0.1) is 0 Å². The van der Waals surface area contributed by atoms with Gasteiger partial charge in [0, 0.05) is 38.7 Å². The van der Waals surface area contributed by atoms with Crippen LogP contribution >= 0.6 is 0 Å². The summed E-state index contributed by atoms with van der Waals surface area (Å²) in [6.07, 6.45) is 0.433. The Kier molecular flexibility index (Phi) is 11.7. The molecule has 0 saturated heterocycles. The zero-order chi connectivity index (χ0) is 22.4. The third-order valence-electron chi connectivity index (χ3n) is 3.81. The topological polar surface area (TPSA) is 131 Å². The van der Waals surface area contributed by atoms with Crippen molar-refractivity contribution in [1.29, 1.82) is 0 Å². The summed E-state index contributed by atoms with van der Waals surface area (Å²) in [4.78, 5) is 57.0. The Morgan fingerprint density at radius 2 is 1.53 bits per heavy atom. The molecule has 3 amide bonds.